The Morgan fingerprint density at radius 2 is 0.821 bits per heavy atom. The van der Waals surface area contributed by atoms with Gasteiger partial charge in [0.1, 0.15) is 26.3 Å². The predicted octanol–water partition coefficient (Wildman–Crippen LogP) is 3.39. The lowest BCUT2D eigenvalue weighted by Crippen LogP contribution is -2.38. The molecule has 0 radical (unpaired) electrons. The number of nitrogens with zero attached hydrogens (tertiary/aromatic N) is 2. The zero-order valence-corrected chi connectivity index (χ0v) is 19.4. The van der Waals surface area contributed by atoms with Crippen molar-refractivity contribution in [2.75, 3.05) is 68.6 Å². The van der Waals surface area contributed by atoms with Gasteiger partial charge < -0.3 is 18.4 Å². The summed E-state index contributed by atoms with van der Waals surface area (Å²) in [6, 6.07) is 0. The van der Waals surface area contributed by atoms with Gasteiger partial charge in [-0.3, -0.25) is 9.59 Å². The Bertz CT molecular complexity index is 385. The molecular weight excluding hydrogens is 356 g/mol. The second-order valence-electron chi connectivity index (χ2n) is 9.80. The van der Waals surface area contributed by atoms with Gasteiger partial charge in [0.05, 0.1) is 42.3 Å². The standard InChI is InChI=1S/C22H46N2O4/c1-23(2,3)17-19-27-21(25)15-13-11-9-7-8-10-12-14-16-22(26)28-20-18-24(4,5)6/h7-20H2,1-6H3/q+2. The van der Waals surface area contributed by atoms with Crippen LogP contribution in [-0.4, -0.2) is 89.5 Å². The molecule has 0 saturated heterocycles. The molecule has 0 aliphatic carbocycles. The van der Waals surface area contributed by atoms with Crippen molar-refractivity contribution >= 4 is 11.9 Å². The van der Waals surface area contributed by atoms with Crippen LogP contribution < -0.4 is 0 Å². The molecule has 166 valence electrons. The number of carbonyl (C=O) groups is 2. The highest BCUT2D eigenvalue weighted by Crippen LogP contribution is 2.11. The first-order valence-electron chi connectivity index (χ1n) is 10.9. The molecule has 6 heteroatoms. The van der Waals surface area contributed by atoms with E-state index in [1.54, 1.807) is 0 Å². The zero-order chi connectivity index (χ0) is 21.5. The fourth-order valence-corrected chi connectivity index (χ4v) is 2.61. The molecule has 0 spiro atoms. The number of esters is 2. The molecule has 0 heterocycles. The van der Waals surface area contributed by atoms with Crippen LogP contribution in [0.5, 0.6) is 0 Å². The average molecular weight is 403 g/mol. The summed E-state index contributed by atoms with van der Waals surface area (Å²) in [5.41, 5.74) is 0. The molecule has 0 unspecified atom stereocenters. The number of unbranched alkanes of at least 4 members (excludes halogenated alkanes) is 7. The molecule has 0 N–H and O–H groups in total. The van der Waals surface area contributed by atoms with Gasteiger partial charge in [-0.1, -0.05) is 38.5 Å². The highest BCUT2D eigenvalue weighted by Gasteiger charge is 2.10. The molecule has 0 rings (SSSR count). The Morgan fingerprint density at radius 3 is 1.11 bits per heavy atom. The van der Waals surface area contributed by atoms with Gasteiger partial charge in [0.2, 0.25) is 0 Å². The largest absolute Gasteiger partial charge is 0.460 e. The number of hydrogen-bond acceptors (Lipinski definition) is 4. The van der Waals surface area contributed by atoms with Crippen LogP contribution >= 0.6 is 0 Å². The number of likely N-dealkylation sites (N-methyl/N-ethyl adjacent to an activating group) is 2. The summed E-state index contributed by atoms with van der Waals surface area (Å²) in [5, 5.41) is 0. The van der Waals surface area contributed by atoms with Crippen molar-refractivity contribution < 1.29 is 28.0 Å². The van der Waals surface area contributed by atoms with Crippen molar-refractivity contribution in [1.29, 1.82) is 0 Å². The van der Waals surface area contributed by atoms with Crippen molar-refractivity contribution in [3.05, 3.63) is 0 Å². The molecule has 0 bridgehead atoms. The van der Waals surface area contributed by atoms with Crippen molar-refractivity contribution in [1.82, 2.24) is 0 Å². The van der Waals surface area contributed by atoms with Gasteiger partial charge in [-0.15, -0.1) is 0 Å². The van der Waals surface area contributed by atoms with Crippen molar-refractivity contribution in [3.8, 4) is 0 Å². The van der Waals surface area contributed by atoms with E-state index in [2.05, 4.69) is 42.3 Å². The van der Waals surface area contributed by atoms with Gasteiger partial charge in [-0.25, -0.2) is 0 Å². The van der Waals surface area contributed by atoms with E-state index in [-0.39, 0.29) is 11.9 Å². The van der Waals surface area contributed by atoms with Gasteiger partial charge in [-0.2, -0.15) is 0 Å². The molecule has 28 heavy (non-hydrogen) atoms. The highest BCUT2D eigenvalue weighted by molar-refractivity contribution is 5.69. The molecule has 6 nitrogen and oxygen atoms in total. The Labute approximate surface area is 173 Å². The maximum Gasteiger partial charge on any atom is 0.305 e. The Hall–Kier alpha value is -1.14. The van der Waals surface area contributed by atoms with Crippen LogP contribution in [0.25, 0.3) is 0 Å². The minimum Gasteiger partial charge on any atom is -0.460 e. The zero-order valence-electron chi connectivity index (χ0n) is 19.4. The van der Waals surface area contributed by atoms with E-state index in [1.807, 2.05) is 0 Å². The number of carbonyl (C=O) groups excluding carboxylic acids is 2. The molecule has 0 aromatic heterocycles. The minimum absolute atomic E-state index is 0.0678. The van der Waals surface area contributed by atoms with E-state index in [1.165, 1.54) is 25.7 Å². The maximum absolute atomic E-state index is 11.6. The maximum atomic E-state index is 11.6. The van der Waals surface area contributed by atoms with E-state index in [0.29, 0.717) is 26.1 Å². The van der Waals surface area contributed by atoms with E-state index in [9.17, 15) is 9.59 Å². The van der Waals surface area contributed by atoms with E-state index in [4.69, 9.17) is 9.47 Å². The summed E-state index contributed by atoms with van der Waals surface area (Å²) in [6.07, 6.45) is 9.81. The molecule has 0 saturated carbocycles. The number of quaternary nitrogens is 2. The molecule has 0 amide bonds. The van der Waals surface area contributed by atoms with Crippen molar-refractivity contribution in [2.24, 2.45) is 0 Å². The van der Waals surface area contributed by atoms with E-state index in [0.717, 1.165) is 47.7 Å². The second-order valence-corrected chi connectivity index (χ2v) is 9.80. The minimum atomic E-state index is -0.0678. The molecule has 0 aliphatic heterocycles. The normalized spacial score (nSPS) is 12.1. The lowest BCUT2D eigenvalue weighted by Gasteiger charge is -2.23. The molecule has 0 aromatic carbocycles. The summed E-state index contributed by atoms with van der Waals surface area (Å²) in [5.74, 6) is -0.136. The molecule has 0 aliphatic rings. The van der Waals surface area contributed by atoms with Crippen LogP contribution in [0.15, 0.2) is 0 Å². The molecule has 0 fully saturated rings. The van der Waals surface area contributed by atoms with Crippen LogP contribution in [0, 0.1) is 0 Å². The van der Waals surface area contributed by atoms with Crippen LogP contribution in [0.3, 0.4) is 0 Å². The fraction of sp³-hybridized carbons (Fsp3) is 0.909. The first-order valence-corrected chi connectivity index (χ1v) is 10.9. The van der Waals surface area contributed by atoms with Crippen molar-refractivity contribution in [3.63, 3.8) is 0 Å². The summed E-state index contributed by atoms with van der Waals surface area (Å²) >= 11 is 0. The Morgan fingerprint density at radius 1 is 0.536 bits per heavy atom. The number of hydrogen-bond donors (Lipinski definition) is 0. The molecule has 0 aromatic rings. The third-order valence-electron chi connectivity index (χ3n) is 4.56. The fourth-order valence-electron chi connectivity index (χ4n) is 2.61. The van der Waals surface area contributed by atoms with Gasteiger partial charge in [0, 0.05) is 12.8 Å². The third kappa shape index (κ3) is 21.2. The van der Waals surface area contributed by atoms with Crippen LogP contribution in [0.2, 0.25) is 0 Å². The second kappa shape index (κ2) is 14.8. The number of ether oxygens (including phenoxy) is 2. The van der Waals surface area contributed by atoms with Gasteiger partial charge in [-0.05, 0) is 12.8 Å². The van der Waals surface area contributed by atoms with Gasteiger partial charge >= 0.3 is 11.9 Å². The lowest BCUT2D eigenvalue weighted by molar-refractivity contribution is -0.870. The predicted molar refractivity (Wildman–Crippen MR) is 114 cm³/mol. The van der Waals surface area contributed by atoms with E-state index < -0.39 is 0 Å². The first kappa shape index (κ1) is 26.9. The van der Waals surface area contributed by atoms with Gasteiger partial charge in [0.25, 0.3) is 0 Å². The van der Waals surface area contributed by atoms with Crippen LogP contribution in [0.4, 0.5) is 0 Å². The quantitative estimate of drug-likeness (QED) is 0.213. The average Bonchev–Trinajstić information content (AvgIpc) is 2.54. The van der Waals surface area contributed by atoms with Crippen LogP contribution in [-0.2, 0) is 19.1 Å². The Kier molecular flexibility index (Phi) is 14.2. The SMILES string of the molecule is C[N+](C)(C)CCOC(=O)CCCCCCCCCCC(=O)OCC[N+](C)(C)C. The summed E-state index contributed by atoms with van der Waals surface area (Å²) in [7, 11) is 12.5. The third-order valence-corrected chi connectivity index (χ3v) is 4.56. The summed E-state index contributed by atoms with van der Waals surface area (Å²) in [6.45, 7) is 2.71. The highest BCUT2D eigenvalue weighted by atomic mass is 16.5. The smallest absolute Gasteiger partial charge is 0.305 e. The van der Waals surface area contributed by atoms with Crippen LogP contribution in [0.1, 0.15) is 64.2 Å². The lowest BCUT2D eigenvalue weighted by atomic mass is 10.1. The first-order chi connectivity index (χ1) is 13.0. The van der Waals surface area contributed by atoms with Gasteiger partial charge in [0.15, 0.2) is 0 Å². The summed E-state index contributed by atoms with van der Waals surface area (Å²) in [4.78, 5) is 23.3. The molecule has 0 atom stereocenters. The topological polar surface area (TPSA) is 52.6 Å². The Balaban J connectivity index is 3.35. The monoisotopic (exact) mass is 402 g/mol. The number of rotatable bonds is 17. The molecular formula is C22H46N2O4+2. The van der Waals surface area contributed by atoms with Crippen molar-refractivity contribution in [2.45, 2.75) is 64.2 Å². The van der Waals surface area contributed by atoms with E-state index >= 15 is 0 Å². The summed E-state index contributed by atoms with van der Waals surface area (Å²) < 4.78 is 12.1.